The highest BCUT2D eigenvalue weighted by Crippen LogP contribution is 2.36. The van der Waals surface area contributed by atoms with Crippen molar-refractivity contribution in [3.8, 4) is 11.8 Å². The number of ether oxygens (including phenoxy) is 5. The Labute approximate surface area is 125 Å². The number of cyclic esters (lactones) is 1. The minimum absolute atomic E-state index is 0.222. The van der Waals surface area contributed by atoms with Gasteiger partial charge in [0.15, 0.2) is 10.9 Å². The molecule has 8 nitrogen and oxygen atoms in total. The Morgan fingerprint density at radius 1 is 1.10 bits per heavy atom. The zero-order valence-corrected chi connectivity index (χ0v) is 12.7. The van der Waals surface area contributed by atoms with Gasteiger partial charge in [-0.1, -0.05) is 0 Å². The third-order valence-electron chi connectivity index (χ3n) is 2.54. The number of esters is 1. The van der Waals surface area contributed by atoms with E-state index in [2.05, 4.69) is 9.97 Å². The van der Waals surface area contributed by atoms with E-state index in [1.807, 2.05) is 0 Å². The van der Waals surface area contributed by atoms with Gasteiger partial charge in [-0.2, -0.15) is 9.97 Å². The summed E-state index contributed by atoms with van der Waals surface area (Å²) in [6, 6.07) is 1.53. The van der Waals surface area contributed by atoms with Crippen LogP contribution >= 0.6 is 11.8 Å². The van der Waals surface area contributed by atoms with Gasteiger partial charge in [0, 0.05) is 7.11 Å². The molecule has 0 N–H and O–H groups in total. The second-order valence-corrected chi connectivity index (χ2v) is 4.69. The van der Waals surface area contributed by atoms with Gasteiger partial charge in [-0.25, -0.2) is 4.79 Å². The van der Waals surface area contributed by atoms with Gasteiger partial charge in [0.25, 0.3) is 6.29 Å². The van der Waals surface area contributed by atoms with Crippen LogP contribution in [0.1, 0.15) is 0 Å². The Morgan fingerprint density at radius 3 is 2.19 bits per heavy atom. The fraction of sp³-hybridized carbons (Fsp3) is 0.417. The van der Waals surface area contributed by atoms with Crippen molar-refractivity contribution >= 4 is 17.7 Å². The molecule has 1 atom stereocenters. The first-order valence-electron chi connectivity index (χ1n) is 5.79. The molecule has 114 valence electrons. The molecule has 9 heteroatoms. The van der Waals surface area contributed by atoms with E-state index in [1.54, 1.807) is 0 Å². The van der Waals surface area contributed by atoms with E-state index in [1.165, 1.54) is 34.5 Å². The molecule has 1 aliphatic heterocycles. The molecule has 0 fully saturated rings. The maximum Gasteiger partial charge on any atom is 0.351 e. The molecule has 2 heterocycles. The van der Waals surface area contributed by atoms with E-state index in [4.69, 9.17) is 23.7 Å². The summed E-state index contributed by atoms with van der Waals surface area (Å²) >= 11 is 0.988. The minimum atomic E-state index is -0.863. The molecule has 1 aromatic rings. The Bertz CT molecular complexity index is 555. The van der Waals surface area contributed by atoms with Crippen molar-refractivity contribution in [2.24, 2.45) is 0 Å². The van der Waals surface area contributed by atoms with E-state index in [0.29, 0.717) is 11.8 Å². The lowest BCUT2D eigenvalue weighted by Crippen LogP contribution is -2.14. The topological polar surface area (TPSA) is 89.0 Å². The van der Waals surface area contributed by atoms with Crippen LogP contribution in [0.15, 0.2) is 21.9 Å². The third-order valence-corrected chi connectivity index (χ3v) is 3.48. The van der Waals surface area contributed by atoms with E-state index in [-0.39, 0.29) is 15.8 Å². The highest BCUT2D eigenvalue weighted by Gasteiger charge is 2.37. The molecule has 0 radical (unpaired) electrons. The number of hydrogen-bond acceptors (Lipinski definition) is 9. The van der Waals surface area contributed by atoms with Crippen LogP contribution < -0.4 is 9.47 Å². The normalized spacial score (nSPS) is 17.7. The van der Waals surface area contributed by atoms with Gasteiger partial charge < -0.3 is 23.7 Å². The zero-order valence-electron chi connectivity index (χ0n) is 11.9. The quantitative estimate of drug-likeness (QED) is 0.563. The molecule has 0 saturated heterocycles. The fourth-order valence-corrected chi connectivity index (χ4v) is 2.44. The van der Waals surface area contributed by atoms with Crippen molar-refractivity contribution in [3.63, 3.8) is 0 Å². The summed E-state index contributed by atoms with van der Waals surface area (Å²) in [4.78, 5) is 20.3. The molecule has 1 aliphatic rings. The van der Waals surface area contributed by atoms with E-state index < -0.39 is 12.3 Å². The molecule has 0 saturated carbocycles. The summed E-state index contributed by atoms with van der Waals surface area (Å²) in [6.07, 6.45) is -0.863. The van der Waals surface area contributed by atoms with E-state index in [9.17, 15) is 4.79 Å². The lowest BCUT2D eigenvalue weighted by molar-refractivity contribution is -0.158. The van der Waals surface area contributed by atoms with E-state index in [0.717, 1.165) is 11.8 Å². The smallest absolute Gasteiger partial charge is 0.351 e. The molecule has 0 aromatic carbocycles. The van der Waals surface area contributed by atoms with Gasteiger partial charge in [0.05, 0.1) is 27.4 Å². The van der Waals surface area contributed by atoms with Crippen molar-refractivity contribution < 1.29 is 28.5 Å². The lowest BCUT2D eigenvalue weighted by atomic mass is 10.5. The van der Waals surface area contributed by atoms with Crippen molar-refractivity contribution in [3.05, 3.63) is 16.7 Å². The van der Waals surface area contributed by atoms with Crippen LogP contribution in [-0.4, -0.2) is 50.7 Å². The average Bonchev–Trinajstić information content (AvgIpc) is 2.82. The van der Waals surface area contributed by atoms with Gasteiger partial charge in [-0.3, -0.25) is 0 Å². The largest absolute Gasteiger partial charge is 0.493 e. The molecule has 0 spiro atoms. The summed E-state index contributed by atoms with van der Waals surface area (Å²) in [6.45, 7) is 0. The van der Waals surface area contributed by atoms with Gasteiger partial charge in [0.2, 0.25) is 11.8 Å². The van der Waals surface area contributed by atoms with Gasteiger partial charge in [-0.05, 0) is 11.8 Å². The average molecular weight is 314 g/mol. The van der Waals surface area contributed by atoms with Gasteiger partial charge >= 0.3 is 5.97 Å². The number of carbonyl (C=O) groups is 1. The Hall–Kier alpha value is -2.00. The summed E-state index contributed by atoms with van der Waals surface area (Å²) in [5.74, 6) is 0.351. The Balaban J connectivity index is 2.34. The summed E-state index contributed by atoms with van der Waals surface area (Å²) in [7, 11) is 5.79. The number of nitrogens with zero attached hydrogens (tertiary/aromatic N) is 2. The first kappa shape index (κ1) is 15.4. The molecule has 0 amide bonds. The van der Waals surface area contributed by atoms with Crippen LogP contribution in [0.3, 0.4) is 0 Å². The number of carbonyl (C=O) groups excluding carboxylic acids is 1. The standard InChI is InChI=1S/C12H14N2O6S/c1-16-6-5-7(17-2)14-12(13-6)21-9-8(18-3)11(19-4)20-10(9)15/h5,11H,1-4H3. The predicted octanol–water partition coefficient (Wildman–Crippen LogP) is 0.973. The van der Waals surface area contributed by atoms with Crippen LogP contribution in [0.4, 0.5) is 0 Å². The maximum atomic E-state index is 11.8. The second kappa shape index (κ2) is 6.64. The Morgan fingerprint density at radius 2 is 1.71 bits per heavy atom. The molecule has 0 bridgehead atoms. The first-order valence-corrected chi connectivity index (χ1v) is 6.61. The zero-order chi connectivity index (χ0) is 15.4. The number of aromatic nitrogens is 2. The van der Waals surface area contributed by atoms with Crippen molar-refractivity contribution in [1.82, 2.24) is 9.97 Å². The maximum absolute atomic E-state index is 11.8. The molecule has 0 aliphatic carbocycles. The van der Waals surface area contributed by atoms with Gasteiger partial charge in [0.1, 0.15) is 4.91 Å². The monoisotopic (exact) mass is 314 g/mol. The van der Waals surface area contributed by atoms with Crippen molar-refractivity contribution in [2.75, 3.05) is 28.4 Å². The summed E-state index contributed by atoms with van der Waals surface area (Å²) in [5, 5.41) is 0.268. The highest BCUT2D eigenvalue weighted by atomic mass is 32.2. The molecule has 2 rings (SSSR count). The van der Waals surface area contributed by atoms with Crippen LogP contribution in [0.25, 0.3) is 0 Å². The lowest BCUT2D eigenvalue weighted by Gasteiger charge is -2.09. The van der Waals surface area contributed by atoms with Gasteiger partial charge in [-0.15, -0.1) is 0 Å². The number of methoxy groups -OCH3 is 4. The minimum Gasteiger partial charge on any atom is -0.493 e. The fourth-order valence-electron chi connectivity index (χ4n) is 1.58. The van der Waals surface area contributed by atoms with Crippen molar-refractivity contribution in [2.45, 2.75) is 11.4 Å². The second-order valence-electron chi connectivity index (χ2n) is 3.71. The summed E-state index contributed by atoms with van der Waals surface area (Å²) < 4.78 is 25.3. The Kier molecular flexibility index (Phi) is 4.86. The van der Waals surface area contributed by atoms with E-state index >= 15 is 0 Å². The van der Waals surface area contributed by atoms with Crippen LogP contribution in [0, 0.1) is 0 Å². The number of hydrogen-bond donors (Lipinski definition) is 0. The molecule has 1 unspecified atom stereocenters. The summed E-state index contributed by atoms with van der Waals surface area (Å²) in [5.41, 5.74) is 0. The van der Waals surface area contributed by atoms with Crippen LogP contribution in [0.2, 0.25) is 0 Å². The van der Waals surface area contributed by atoms with Crippen LogP contribution in [0.5, 0.6) is 11.8 Å². The van der Waals surface area contributed by atoms with Crippen LogP contribution in [-0.2, 0) is 19.0 Å². The molecular weight excluding hydrogens is 300 g/mol. The number of thioether (sulfide) groups is 1. The molecule has 21 heavy (non-hydrogen) atoms. The highest BCUT2D eigenvalue weighted by molar-refractivity contribution is 8.03. The predicted molar refractivity (Wildman–Crippen MR) is 71.9 cm³/mol. The van der Waals surface area contributed by atoms with Crippen molar-refractivity contribution in [1.29, 1.82) is 0 Å². The molecular formula is C12H14N2O6S. The number of rotatable bonds is 6. The molecule has 1 aromatic heterocycles. The third kappa shape index (κ3) is 3.19. The first-order chi connectivity index (χ1) is 10.1. The SMILES string of the molecule is COC1=C(Sc2nc(OC)cc(OC)n2)C(=O)OC1OC.